The van der Waals surface area contributed by atoms with Crippen molar-refractivity contribution in [3.05, 3.63) is 11.6 Å². The molecule has 112 valence electrons. The maximum atomic E-state index is 13.2. The lowest BCUT2D eigenvalue weighted by molar-refractivity contribution is -0.188. The van der Waals surface area contributed by atoms with Gasteiger partial charge in [0.05, 0.1) is 11.8 Å². The van der Waals surface area contributed by atoms with Crippen molar-refractivity contribution in [2.24, 2.45) is 5.92 Å². The van der Waals surface area contributed by atoms with E-state index < -0.39 is 18.0 Å². The number of halogens is 4. The van der Waals surface area contributed by atoms with Gasteiger partial charge < -0.3 is 4.57 Å². The van der Waals surface area contributed by atoms with E-state index in [4.69, 9.17) is 11.6 Å². The van der Waals surface area contributed by atoms with Gasteiger partial charge in [0.1, 0.15) is 11.6 Å². The zero-order chi connectivity index (χ0) is 14.3. The molecule has 0 spiro atoms. The van der Waals surface area contributed by atoms with Gasteiger partial charge in [-0.1, -0.05) is 12.8 Å². The van der Waals surface area contributed by atoms with Crippen molar-refractivity contribution in [2.45, 2.75) is 62.5 Å². The Labute approximate surface area is 120 Å². The van der Waals surface area contributed by atoms with Crippen molar-refractivity contribution in [1.82, 2.24) is 14.8 Å². The third kappa shape index (κ3) is 2.54. The first kappa shape index (κ1) is 14.2. The second-order valence-electron chi connectivity index (χ2n) is 5.75. The number of alkyl halides is 4. The summed E-state index contributed by atoms with van der Waals surface area (Å²) in [6, 6.07) is 0.254. The van der Waals surface area contributed by atoms with Crippen LogP contribution in [0.1, 0.15) is 62.1 Å². The second-order valence-corrected chi connectivity index (χ2v) is 6.02. The fourth-order valence-corrected chi connectivity index (χ4v) is 3.43. The minimum Gasteiger partial charge on any atom is -0.311 e. The van der Waals surface area contributed by atoms with Gasteiger partial charge in [-0.15, -0.1) is 21.8 Å². The molecule has 7 heteroatoms. The summed E-state index contributed by atoms with van der Waals surface area (Å²) < 4.78 is 41.6. The molecule has 1 aromatic heterocycles. The number of aromatic nitrogens is 3. The van der Waals surface area contributed by atoms with Gasteiger partial charge >= 0.3 is 6.18 Å². The number of hydrogen-bond donors (Lipinski definition) is 0. The van der Waals surface area contributed by atoms with Crippen molar-refractivity contribution in [3.8, 4) is 0 Å². The van der Waals surface area contributed by atoms with Crippen LogP contribution in [0, 0.1) is 5.92 Å². The lowest BCUT2D eigenvalue weighted by Gasteiger charge is -2.32. The Morgan fingerprint density at radius 1 is 1.10 bits per heavy atom. The van der Waals surface area contributed by atoms with Gasteiger partial charge in [0.15, 0.2) is 0 Å². The molecule has 0 amide bonds. The first-order chi connectivity index (χ1) is 9.52. The molecular weight excluding hydrogens is 291 g/mol. The predicted octanol–water partition coefficient (Wildman–Crippen LogP) is 4.19. The van der Waals surface area contributed by atoms with Crippen molar-refractivity contribution in [2.75, 3.05) is 0 Å². The van der Waals surface area contributed by atoms with Crippen LogP contribution in [0.15, 0.2) is 0 Å². The molecule has 0 bridgehead atoms. The predicted molar refractivity (Wildman–Crippen MR) is 68.6 cm³/mol. The zero-order valence-corrected chi connectivity index (χ0v) is 11.8. The fourth-order valence-electron chi connectivity index (χ4n) is 3.24. The molecule has 3 rings (SSSR count). The molecule has 2 fully saturated rings. The minimum atomic E-state index is -4.16. The first-order valence-corrected chi connectivity index (χ1v) is 7.62. The van der Waals surface area contributed by atoms with E-state index in [1.54, 1.807) is 0 Å². The average Bonchev–Trinajstić information content (AvgIpc) is 3.16. The van der Waals surface area contributed by atoms with Crippen LogP contribution in [0.5, 0.6) is 0 Å². The van der Waals surface area contributed by atoms with E-state index in [1.807, 2.05) is 4.57 Å². The zero-order valence-electron chi connectivity index (χ0n) is 11.0. The highest BCUT2D eigenvalue weighted by Crippen LogP contribution is 2.48. The molecule has 1 heterocycles. The Kier molecular flexibility index (Phi) is 3.69. The molecule has 2 saturated carbocycles. The van der Waals surface area contributed by atoms with Crippen molar-refractivity contribution in [3.63, 3.8) is 0 Å². The molecule has 2 atom stereocenters. The third-order valence-corrected chi connectivity index (χ3v) is 4.58. The van der Waals surface area contributed by atoms with Crippen LogP contribution in [-0.2, 0) is 5.88 Å². The molecule has 0 saturated heterocycles. The van der Waals surface area contributed by atoms with Crippen LogP contribution in [0.25, 0.3) is 0 Å². The summed E-state index contributed by atoms with van der Waals surface area (Å²) >= 11 is 5.84. The Bertz CT molecular complexity index is 482. The van der Waals surface area contributed by atoms with Crippen LogP contribution >= 0.6 is 11.6 Å². The third-order valence-electron chi connectivity index (χ3n) is 4.34. The average molecular weight is 308 g/mol. The molecule has 2 unspecified atom stereocenters. The van der Waals surface area contributed by atoms with Crippen LogP contribution in [0.2, 0.25) is 0 Å². The van der Waals surface area contributed by atoms with E-state index in [1.165, 1.54) is 0 Å². The van der Waals surface area contributed by atoms with Gasteiger partial charge in [0.25, 0.3) is 0 Å². The van der Waals surface area contributed by atoms with Gasteiger partial charge in [-0.05, 0) is 25.7 Å². The lowest BCUT2D eigenvalue weighted by atomic mass is 9.78. The molecular formula is C13H17ClF3N3. The van der Waals surface area contributed by atoms with E-state index >= 15 is 0 Å². The van der Waals surface area contributed by atoms with Gasteiger partial charge in [-0.2, -0.15) is 13.2 Å². The largest absolute Gasteiger partial charge is 0.392 e. The van der Waals surface area contributed by atoms with Gasteiger partial charge in [-0.3, -0.25) is 0 Å². The van der Waals surface area contributed by atoms with Gasteiger partial charge in [-0.25, -0.2) is 0 Å². The van der Waals surface area contributed by atoms with Gasteiger partial charge in [0, 0.05) is 12.0 Å². The molecule has 2 aliphatic rings. The summed E-state index contributed by atoms with van der Waals surface area (Å²) in [6.07, 6.45) is 0.00795. The summed E-state index contributed by atoms with van der Waals surface area (Å²) in [5.41, 5.74) is 0. The normalized spacial score (nSPS) is 27.8. The number of nitrogens with zero attached hydrogens (tertiary/aromatic N) is 3. The Balaban J connectivity index is 1.96. The van der Waals surface area contributed by atoms with Crippen molar-refractivity contribution >= 4 is 11.6 Å². The minimum absolute atomic E-state index is 0.196. The molecule has 0 N–H and O–H groups in total. The maximum absolute atomic E-state index is 13.2. The monoisotopic (exact) mass is 307 g/mol. The SMILES string of the molecule is FC(F)(F)C1CCCCC1c1nnc(CCl)n1C1CC1. The second kappa shape index (κ2) is 5.20. The van der Waals surface area contributed by atoms with Gasteiger partial charge in [0.2, 0.25) is 0 Å². The molecule has 20 heavy (non-hydrogen) atoms. The molecule has 2 aliphatic carbocycles. The molecule has 3 nitrogen and oxygen atoms in total. The molecule has 0 aromatic carbocycles. The van der Waals surface area contributed by atoms with Crippen LogP contribution in [0.4, 0.5) is 13.2 Å². The number of rotatable bonds is 3. The summed E-state index contributed by atoms with van der Waals surface area (Å²) in [4.78, 5) is 0. The van der Waals surface area contributed by atoms with E-state index in [0.29, 0.717) is 24.5 Å². The lowest BCUT2D eigenvalue weighted by Crippen LogP contribution is -2.33. The van der Waals surface area contributed by atoms with Crippen molar-refractivity contribution in [1.29, 1.82) is 0 Å². The van der Waals surface area contributed by atoms with E-state index in [9.17, 15) is 13.2 Å². The van der Waals surface area contributed by atoms with Crippen LogP contribution in [-0.4, -0.2) is 20.9 Å². The highest BCUT2D eigenvalue weighted by atomic mass is 35.5. The number of hydrogen-bond acceptors (Lipinski definition) is 2. The van der Waals surface area contributed by atoms with Crippen molar-refractivity contribution < 1.29 is 13.2 Å². The van der Waals surface area contributed by atoms with E-state index in [0.717, 1.165) is 19.3 Å². The standard InChI is InChI=1S/C13H17ClF3N3/c14-7-11-18-19-12(20(11)8-5-6-8)9-3-1-2-4-10(9)13(15,16)17/h8-10H,1-7H2. The quantitative estimate of drug-likeness (QED) is 0.784. The maximum Gasteiger partial charge on any atom is 0.392 e. The van der Waals surface area contributed by atoms with Crippen LogP contribution < -0.4 is 0 Å². The van der Waals surface area contributed by atoms with E-state index in [2.05, 4.69) is 10.2 Å². The summed E-state index contributed by atoms with van der Waals surface area (Å²) in [7, 11) is 0. The Morgan fingerprint density at radius 3 is 2.40 bits per heavy atom. The Hall–Kier alpha value is -0.780. The molecule has 0 aliphatic heterocycles. The van der Waals surface area contributed by atoms with Crippen LogP contribution in [0.3, 0.4) is 0 Å². The molecule has 0 radical (unpaired) electrons. The smallest absolute Gasteiger partial charge is 0.311 e. The fraction of sp³-hybridized carbons (Fsp3) is 0.846. The summed E-state index contributed by atoms with van der Waals surface area (Å²) in [5.74, 6) is -0.539. The Morgan fingerprint density at radius 2 is 1.80 bits per heavy atom. The highest BCUT2D eigenvalue weighted by Gasteiger charge is 2.48. The molecule has 1 aromatic rings. The highest BCUT2D eigenvalue weighted by molar-refractivity contribution is 6.16. The summed E-state index contributed by atoms with van der Waals surface area (Å²) in [5, 5.41) is 8.07. The summed E-state index contributed by atoms with van der Waals surface area (Å²) in [6.45, 7) is 0. The topological polar surface area (TPSA) is 30.7 Å². The first-order valence-electron chi connectivity index (χ1n) is 7.08. The van der Waals surface area contributed by atoms with E-state index in [-0.39, 0.29) is 18.3 Å².